The van der Waals surface area contributed by atoms with Gasteiger partial charge in [0.1, 0.15) is 0 Å². The smallest absolute Gasteiger partial charge is 0.291 e. The summed E-state index contributed by atoms with van der Waals surface area (Å²) < 4.78 is 4.99. The molecule has 0 radical (unpaired) electrons. The summed E-state index contributed by atoms with van der Waals surface area (Å²) in [6.07, 6.45) is 1.44. The molecule has 6 nitrogen and oxygen atoms in total. The highest BCUT2D eigenvalue weighted by Gasteiger charge is 2.08. The highest BCUT2D eigenvalue weighted by atomic mass is 16.3. The summed E-state index contributed by atoms with van der Waals surface area (Å²) in [5.74, 6) is -0.196. The average molecular weight is 273 g/mol. The third-order valence-corrected chi connectivity index (χ3v) is 2.51. The van der Waals surface area contributed by atoms with Crippen LogP contribution >= 0.6 is 0 Å². The van der Waals surface area contributed by atoms with Crippen LogP contribution in [0, 0.1) is 0 Å². The van der Waals surface area contributed by atoms with Crippen molar-refractivity contribution in [2.24, 2.45) is 0 Å². The minimum atomic E-state index is -0.318. The van der Waals surface area contributed by atoms with Crippen molar-refractivity contribution < 1.29 is 14.0 Å². The molecular formula is C14H15N3O3. The first-order valence-electron chi connectivity index (χ1n) is 6.08. The van der Waals surface area contributed by atoms with Crippen LogP contribution in [0.2, 0.25) is 0 Å². The van der Waals surface area contributed by atoms with Gasteiger partial charge in [0.25, 0.3) is 5.91 Å². The normalized spacial score (nSPS) is 10.1. The lowest BCUT2D eigenvalue weighted by Gasteiger charge is -2.07. The Morgan fingerprint density at radius 1 is 1.05 bits per heavy atom. The Kier molecular flexibility index (Phi) is 4.52. The largest absolute Gasteiger partial charge is 0.459 e. The van der Waals surface area contributed by atoms with Gasteiger partial charge in [-0.25, -0.2) is 0 Å². The van der Waals surface area contributed by atoms with Gasteiger partial charge in [0, 0.05) is 11.4 Å². The van der Waals surface area contributed by atoms with Crippen LogP contribution < -0.4 is 16.0 Å². The molecule has 2 amide bonds. The summed E-state index contributed by atoms with van der Waals surface area (Å²) >= 11 is 0. The Bertz CT molecular complexity index is 576. The number of hydrogen-bond donors (Lipinski definition) is 3. The summed E-state index contributed by atoms with van der Waals surface area (Å²) in [6.45, 7) is 0.247. The molecule has 1 heterocycles. The van der Waals surface area contributed by atoms with Gasteiger partial charge in [-0.05, 0) is 43.4 Å². The zero-order valence-electron chi connectivity index (χ0n) is 11.0. The summed E-state index contributed by atoms with van der Waals surface area (Å²) in [5, 5.41) is 8.17. The number of hydrogen-bond acceptors (Lipinski definition) is 4. The zero-order chi connectivity index (χ0) is 14.4. The number of furan rings is 1. The van der Waals surface area contributed by atoms with E-state index in [2.05, 4.69) is 16.0 Å². The molecule has 1 aromatic heterocycles. The van der Waals surface area contributed by atoms with E-state index in [-0.39, 0.29) is 24.1 Å². The highest BCUT2D eigenvalue weighted by molar-refractivity contribution is 6.02. The number of nitrogens with one attached hydrogen (secondary N) is 3. The predicted molar refractivity (Wildman–Crippen MR) is 75.7 cm³/mol. The standard InChI is InChI=1S/C14H15N3O3/c1-15-9-13(18)16-10-4-6-11(7-5-10)17-14(19)12-3-2-8-20-12/h2-8,15H,9H2,1H3,(H,16,18)(H,17,19). The minimum Gasteiger partial charge on any atom is -0.459 e. The zero-order valence-corrected chi connectivity index (χ0v) is 11.0. The van der Waals surface area contributed by atoms with Gasteiger partial charge in [-0.15, -0.1) is 0 Å². The molecule has 20 heavy (non-hydrogen) atoms. The molecule has 0 bridgehead atoms. The van der Waals surface area contributed by atoms with Gasteiger partial charge in [0.2, 0.25) is 5.91 Å². The predicted octanol–water partition coefficient (Wildman–Crippen LogP) is 1.69. The van der Waals surface area contributed by atoms with E-state index >= 15 is 0 Å². The fourth-order valence-corrected chi connectivity index (χ4v) is 1.60. The van der Waals surface area contributed by atoms with Crippen LogP contribution in [0.5, 0.6) is 0 Å². The Hall–Kier alpha value is -2.60. The maximum atomic E-state index is 11.7. The first kappa shape index (κ1) is 13.8. The number of likely N-dealkylation sites (N-methyl/N-ethyl adjacent to an activating group) is 1. The molecule has 0 saturated carbocycles. The van der Waals surface area contributed by atoms with E-state index in [1.165, 1.54) is 6.26 Å². The Labute approximate surface area is 116 Å². The molecule has 2 aromatic rings. The summed E-state index contributed by atoms with van der Waals surface area (Å²) in [4.78, 5) is 23.1. The van der Waals surface area contributed by atoms with E-state index in [4.69, 9.17) is 4.42 Å². The molecule has 3 N–H and O–H groups in total. The summed E-state index contributed by atoms with van der Waals surface area (Å²) in [7, 11) is 1.70. The average Bonchev–Trinajstić information content (AvgIpc) is 2.95. The Morgan fingerprint density at radius 3 is 2.25 bits per heavy atom. The van der Waals surface area contributed by atoms with E-state index in [0.717, 1.165) is 0 Å². The van der Waals surface area contributed by atoms with Crippen LogP contribution in [0.25, 0.3) is 0 Å². The topological polar surface area (TPSA) is 83.4 Å². The molecule has 0 aliphatic carbocycles. The fourth-order valence-electron chi connectivity index (χ4n) is 1.60. The van der Waals surface area contributed by atoms with E-state index in [1.54, 1.807) is 43.4 Å². The van der Waals surface area contributed by atoms with Crippen molar-refractivity contribution >= 4 is 23.2 Å². The monoisotopic (exact) mass is 273 g/mol. The number of rotatable bonds is 5. The minimum absolute atomic E-state index is 0.125. The van der Waals surface area contributed by atoms with Crippen molar-refractivity contribution in [3.8, 4) is 0 Å². The van der Waals surface area contributed by atoms with E-state index in [1.807, 2.05) is 0 Å². The molecule has 0 aliphatic heterocycles. The Balaban J connectivity index is 1.95. The van der Waals surface area contributed by atoms with Gasteiger partial charge >= 0.3 is 0 Å². The molecule has 6 heteroatoms. The number of carbonyl (C=O) groups is 2. The van der Waals surface area contributed by atoms with Crippen LogP contribution in [0.15, 0.2) is 47.1 Å². The maximum Gasteiger partial charge on any atom is 0.291 e. The third-order valence-electron chi connectivity index (χ3n) is 2.51. The molecule has 0 aliphatic rings. The molecule has 0 fully saturated rings. The fraction of sp³-hybridized carbons (Fsp3) is 0.143. The van der Waals surface area contributed by atoms with Crippen molar-refractivity contribution in [3.05, 3.63) is 48.4 Å². The molecule has 104 valence electrons. The summed E-state index contributed by atoms with van der Waals surface area (Å²) in [6, 6.07) is 10.1. The number of anilines is 2. The first-order chi connectivity index (χ1) is 9.69. The van der Waals surface area contributed by atoms with Crippen LogP contribution in [-0.4, -0.2) is 25.4 Å². The second-order valence-corrected chi connectivity index (χ2v) is 4.09. The lowest BCUT2D eigenvalue weighted by atomic mass is 10.2. The van der Waals surface area contributed by atoms with Gasteiger partial charge in [-0.1, -0.05) is 0 Å². The summed E-state index contributed by atoms with van der Waals surface area (Å²) in [5.41, 5.74) is 1.29. The lowest BCUT2D eigenvalue weighted by Crippen LogP contribution is -2.25. The van der Waals surface area contributed by atoms with Gasteiger partial charge in [0.15, 0.2) is 5.76 Å². The molecular weight excluding hydrogens is 258 g/mol. The van der Waals surface area contributed by atoms with E-state index < -0.39 is 0 Å². The maximum absolute atomic E-state index is 11.7. The van der Waals surface area contributed by atoms with E-state index in [0.29, 0.717) is 11.4 Å². The SMILES string of the molecule is CNCC(=O)Nc1ccc(NC(=O)c2ccco2)cc1. The van der Waals surface area contributed by atoms with Crippen molar-refractivity contribution in [1.82, 2.24) is 5.32 Å². The van der Waals surface area contributed by atoms with Crippen molar-refractivity contribution in [2.45, 2.75) is 0 Å². The van der Waals surface area contributed by atoms with Crippen LogP contribution in [-0.2, 0) is 4.79 Å². The van der Waals surface area contributed by atoms with Gasteiger partial charge < -0.3 is 20.4 Å². The quantitative estimate of drug-likeness (QED) is 0.774. The molecule has 1 aromatic carbocycles. The highest BCUT2D eigenvalue weighted by Crippen LogP contribution is 2.14. The third kappa shape index (κ3) is 3.69. The van der Waals surface area contributed by atoms with Crippen LogP contribution in [0.3, 0.4) is 0 Å². The second-order valence-electron chi connectivity index (χ2n) is 4.09. The number of benzene rings is 1. The van der Waals surface area contributed by atoms with E-state index in [9.17, 15) is 9.59 Å². The first-order valence-corrected chi connectivity index (χ1v) is 6.08. The molecule has 0 atom stereocenters. The van der Waals surface area contributed by atoms with Gasteiger partial charge in [0.05, 0.1) is 12.8 Å². The van der Waals surface area contributed by atoms with Crippen LogP contribution in [0.1, 0.15) is 10.6 Å². The number of amides is 2. The molecule has 2 rings (SSSR count). The van der Waals surface area contributed by atoms with Crippen molar-refractivity contribution in [3.63, 3.8) is 0 Å². The molecule has 0 saturated heterocycles. The molecule has 0 spiro atoms. The molecule has 0 unspecified atom stereocenters. The number of carbonyl (C=O) groups excluding carboxylic acids is 2. The second kappa shape index (κ2) is 6.53. The lowest BCUT2D eigenvalue weighted by molar-refractivity contribution is -0.115. The van der Waals surface area contributed by atoms with Crippen LogP contribution in [0.4, 0.5) is 11.4 Å². The van der Waals surface area contributed by atoms with Crippen molar-refractivity contribution in [2.75, 3.05) is 24.2 Å². The van der Waals surface area contributed by atoms with Gasteiger partial charge in [-0.2, -0.15) is 0 Å². The Morgan fingerprint density at radius 2 is 1.70 bits per heavy atom. The van der Waals surface area contributed by atoms with Gasteiger partial charge in [-0.3, -0.25) is 9.59 Å². The van der Waals surface area contributed by atoms with Crippen molar-refractivity contribution in [1.29, 1.82) is 0 Å².